The highest BCUT2D eigenvalue weighted by Crippen LogP contribution is 2.27. The van der Waals surface area contributed by atoms with E-state index in [2.05, 4.69) is 21.2 Å². The van der Waals surface area contributed by atoms with Crippen LogP contribution in [0, 0.1) is 0 Å². The quantitative estimate of drug-likeness (QED) is 0.747. The van der Waals surface area contributed by atoms with E-state index < -0.39 is 0 Å². The van der Waals surface area contributed by atoms with Crippen molar-refractivity contribution in [2.24, 2.45) is 0 Å². The van der Waals surface area contributed by atoms with Crippen molar-refractivity contribution in [1.29, 1.82) is 0 Å². The molecule has 2 aromatic heterocycles. The molecule has 1 N–H and O–H groups in total. The summed E-state index contributed by atoms with van der Waals surface area (Å²) in [6.07, 6.45) is 5.23. The molecular formula is C12H12N4O. The van der Waals surface area contributed by atoms with Gasteiger partial charge in [0.2, 0.25) is 0 Å². The zero-order valence-electron chi connectivity index (χ0n) is 9.42. The minimum atomic E-state index is 0.657. The number of aromatic nitrogens is 4. The Morgan fingerprint density at radius 1 is 1.29 bits per heavy atom. The molecule has 17 heavy (non-hydrogen) atoms. The third-order valence-electron chi connectivity index (χ3n) is 2.64. The molecule has 2 heterocycles. The molecule has 3 aromatic rings. The summed E-state index contributed by atoms with van der Waals surface area (Å²) in [5, 5.41) is 8.67. The number of aromatic amines is 1. The van der Waals surface area contributed by atoms with E-state index in [1.165, 1.54) is 0 Å². The first-order valence-electron chi connectivity index (χ1n) is 5.47. The van der Waals surface area contributed by atoms with Gasteiger partial charge in [-0.1, -0.05) is 0 Å². The highest BCUT2D eigenvalue weighted by molar-refractivity contribution is 5.87. The number of nitrogens with one attached hydrogen (secondary N) is 1. The lowest BCUT2D eigenvalue weighted by atomic mass is 10.2. The molecule has 86 valence electrons. The summed E-state index contributed by atoms with van der Waals surface area (Å²) in [4.78, 5) is 3.18. The van der Waals surface area contributed by atoms with Gasteiger partial charge < -0.3 is 9.72 Å². The zero-order chi connectivity index (χ0) is 11.7. The lowest BCUT2D eigenvalue weighted by Crippen LogP contribution is -1.91. The van der Waals surface area contributed by atoms with Crippen molar-refractivity contribution < 1.29 is 4.74 Å². The fraction of sp³-hybridized carbons (Fsp3) is 0.167. The van der Waals surface area contributed by atoms with Crippen LogP contribution in [0.3, 0.4) is 0 Å². The maximum Gasteiger partial charge on any atom is 0.144 e. The first-order valence-corrected chi connectivity index (χ1v) is 5.47. The normalized spacial score (nSPS) is 10.9. The predicted octanol–water partition coefficient (Wildman–Crippen LogP) is 2.15. The zero-order valence-corrected chi connectivity index (χ0v) is 9.42. The molecule has 0 spiro atoms. The number of H-pyrrole nitrogens is 1. The average Bonchev–Trinajstić information content (AvgIpc) is 2.98. The fourth-order valence-electron chi connectivity index (χ4n) is 1.85. The number of benzene rings is 1. The smallest absolute Gasteiger partial charge is 0.144 e. The second-order valence-electron chi connectivity index (χ2n) is 3.68. The first-order chi connectivity index (χ1) is 8.38. The summed E-state index contributed by atoms with van der Waals surface area (Å²) in [7, 11) is 0. The summed E-state index contributed by atoms with van der Waals surface area (Å²) >= 11 is 0. The third kappa shape index (κ3) is 1.65. The van der Waals surface area contributed by atoms with Gasteiger partial charge in [0.25, 0.3) is 0 Å². The largest absolute Gasteiger partial charge is 0.492 e. The van der Waals surface area contributed by atoms with Crippen LogP contribution in [0.1, 0.15) is 6.92 Å². The molecule has 0 aliphatic rings. The van der Waals surface area contributed by atoms with Crippen LogP contribution in [0.5, 0.6) is 5.75 Å². The average molecular weight is 228 g/mol. The lowest BCUT2D eigenvalue weighted by molar-refractivity contribution is 0.344. The highest BCUT2D eigenvalue weighted by atomic mass is 16.5. The molecule has 0 saturated carbocycles. The second-order valence-corrected chi connectivity index (χ2v) is 3.68. The summed E-state index contributed by atoms with van der Waals surface area (Å²) < 4.78 is 7.42. The maximum atomic E-state index is 5.56. The van der Waals surface area contributed by atoms with Crippen LogP contribution in [0.2, 0.25) is 0 Å². The highest BCUT2D eigenvalue weighted by Gasteiger charge is 2.06. The minimum absolute atomic E-state index is 0.657. The predicted molar refractivity (Wildman–Crippen MR) is 64.4 cm³/mol. The van der Waals surface area contributed by atoms with Crippen LogP contribution in [0.15, 0.2) is 37.1 Å². The van der Waals surface area contributed by atoms with Gasteiger partial charge in [0, 0.05) is 22.8 Å². The Labute approximate surface area is 98.0 Å². The summed E-state index contributed by atoms with van der Waals surface area (Å²) in [5.41, 5.74) is 2.08. The molecule has 0 radical (unpaired) electrons. The van der Waals surface area contributed by atoms with Crippen molar-refractivity contribution in [1.82, 2.24) is 19.7 Å². The number of ether oxygens (including phenoxy) is 1. The van der Waals surface area contributed by atoms with Gasteiger partial charge in [0.15, 0.2) is 0 Å². The van der Waals surface area contributed by atoms with E-state index in [4.69, 9.17) is 4.74 Å². The van der Waals surface area contributed by atoms with Crippen LogP contribution in [0.4, 0.5) is 0 Å². The Bertz CT molecular complexity index is 627. The monoisotopic (exact) mass is 228 g/mol. The number of hydrogen-bond donors (Lipinski definition) is 1. The molecule has 0 aliphatic heterocycles. The molecule has 0 fully saturated rings. The van der Waals surface area contributed by atoms with E-state index in [1.54, 1.807) is 12.7 Å². The van der Waals surface area contributed by atoms with Gasteiger partial charge in [-0.15, -0.1) is 10.2 Å². The Balaban J connectivity index is 2.13. The summed E-state index contributed by atoms with van der Waals surface area (Å²) in [5.74, 6) is 0.873. The molecule has 1 aromatic carbocycles. The van der Waals surface area contributed by atoms with Gasteiger partial charge in [-0.2, -0.15) is 0 Å². The van der Waals surface area contributed by atoms with Crippen LogP contribution in [-0.2, 0) is 0 Å². The number of hydrogen-bond acceptors (Lipinski definition) is 3. The van der Waals surface area contributed by atoms with E-state index in [-0.39, 0.29) is 0 Å². The fourth-order valence-corrected chi connectivity index (χ4v) is 1.85. The van der Waals surface area contributed by atoms with Crippen molar-refractivity contribution >= 4 is 10.9 Å². The second kappa shape index (κ2) is 3.93. The van der Waals surface area contributed by atoms with Crippen molar-refractivity contribution in [3.8, 4) is 11.4 Å². The van der Waals surface area contributed by atoms with E-state index in [0.29, 0.717) is 6.61 Å². The van der Waals surface area contributed by atoms with Crippen molar-refractivity contribution in [3.63, 3.8) is 0 Å². The standard InChI is InChI=1S/C12H12N4O/c1-2-17-12-6-13-11-4-3-9(5-10(11)12)16-7-14-15-8-16/h3-8,13H,2H2,1H3. The first kappa shape index (κ1) is 9.89. The van der Waals surface area contributed by atoms with Crippen LogP contribution in [0.25, 0.3) is 16.6 Å². The number of nitrogens with zero attached hydrogens (tertiary/aromatic N) is 3. The van der Waals surface area contributed by atoms with Gasteiger partial charge in [-0.05, 0) is 25.1 Å². The molecule has 0 saturated heterocycles. The van der Waals surface area contributed by atoms with Crippen molar-refractivity contribution in [2.45, 2.75) is 6.92 Å². The number of rotatable bonds is 3. The third-order valence-corrected chi connectivity index (χ3v) is 2.64. The Morgan fingerprint density at radius 2 is 2.12 bits per heavy atom. The Hall–Kier alpha value is -2.30. The molecule has 5 heteroatoms. The molecule has 3 rings (SSSR count). The molecule has 0 bridgehead atoms. The molecule has 0 atom stereocenters. The molecular weight excluding hydrogens is 216 g/mol. The SMILES string of the molecule is CCOc1c[nH]c2ccc(-n3cnnc3)cc12. The maximum absolute atomic E-state index is 5.56. The molecule has 0 amide bonds. The topological polar surface area (TPSA) is 55.7 Å². The van der Waals surface area contributed by atoms with E-state index in [1.807, 2.05) is 29.8 Å². The van der Waals surface area contributed by atoms with E-state index in [0.717, 1.165) is 22.3 Å². The summed E-state index contributed by atoms with van der Waals surface area (Å²) in [6, 6.07) is 6.09. The van der Waals surface area contributed by atoms with Gasteiger partial charge >= 0.3 is 0 Å². The van der Waals surface area contributed by atoms with Crippen LogP contribution >= 0.6 is 0 Å². The minimum Gasteiger partial charge on any atom is -0.492 e. The van der Waals surface area contributed by atoms with Crippen LogP contribution < -0.4 is 4.74 Å². The van der Waals surface area contributed by atoms with Crippen molar-refractivity contribution in [2.75, 3.05) is 6.61 Å². The van der Waals surface area contributed by atoms with Crippen molar-refractivity contribution in [3.05, 3.63) is 37.1 Å². The Kier molecular flexibility index (Phi) is 2.29. The molecule has 5 nitrogen and oxygen atoms in total. The van der Waals surface area contributed by atoms with Gasteiger partial charge in [-0.3, -0.25) is 4.57 Å². The lowest BCUT2D eigenvalue weighted by Gasteiger charge is -2.03. The Morgan fingerprint density at radius 3 is 2.88 bits per heavy atom. The van der Waals surface area contributed by atoms with E-state index in [9.17, 15) is 0 Å². The van der Waals surface area contributed by atoms with Gasteiger partial charge in [0.1, 0.15) is 18.4 Å². The van der Waals surface area contributed by atoms with Crippen LogP contribution in [-0.4, -0.2) is 26.4 Å². The van der Waals surface area contributed by atoms with E-state index >= 15 is 0 Å². The van der Waals surface area contributed by atoms with Gasteiger partial charge in [0.05, 0.1) is 6.61 Å². The summed E-state index contributed by atoms with van der Waals surface area (Å²) in [6.45, 7) is 2.63. The molecule has 0 aliphatic carbocycles. The molecule has 0 unspecified atom stereocenters. The van der Waals surface area contributed by atoms with Gasteiger partial charge in [-0.25, -0.2) is 0 Å². The number of fused-ring (bicyclic) bond motifs is 1.